The average Bonchev–Trinajstić information content (AvgIpc) is 2.70. The molecule has 0 fully saturated rings. The number of benzene rings is 2. The lowest BCUT2D eigenvalue weighted by Gasteiger charge is -2.37. The quantitative estimate of drug-likeness (QED) is 0.387. The molecule has 1 unspecified atom stereocenters. The average molecular weight is 427 g/mol. The summed E-state index contributed by atoms with van der Waals surface area (Å²) in [4.78, 5) is 0. The molecule has 0 amide bonds. The first kappa shape index (κ1) is 23.7. The standard InChI is InChI=1S/C25H34O4Si/c1-10-12-19(18-15-16-21(26-5)23(17-18)28-7)20-13-11-14-22(27-6)24(20)29-30(8,9)25(2,3)4/h11,13-17,19H,1-9H3. The lowest BCUT2D eigenvalue weighted by molar-refractivity contribution is 0.354. The minimum atomic E-state index is -2.10. The molecule has 0 saturated carbocycles. The summed E-state index contributed by atoms with van der Waals surface area (Å²) in [5.74, 6) is 9.10. The van der Waals surface area contributed by atoms with Gasteiger partial charge in [-0.15, -0.1) is 5.92 Å². The molecular formula is C25H34O4Si. The van der Waals surface area contributed by atoms with Crippen LogP contribution in [-0.2, 0) is 0 Å². The number of para-hydroxylation sites is 1. The van der Waals surface area contributed by atoms with Crippen molar-refractivity contribution < 1.29 is 18.6 Å². The van der Waals surface area contributed by atoms with Crippen molar-refractivity contribution in [2.45, 2.75) is 51.7 Å². The second kappa shape index (κ2) is 9.49. The molecule has 2 rings (SSSR count). The van der Waals surface area contributed by atoms with E-state index in [1.165, 1.54) is 0 Å². The molecule has 5 heteroatoms. The molecule has 0 aromatic heterocycles. The highest BCUT2D eigenvalue weighted by Gasteiger charge is 2.40. The smallest absolute Gasteiger partial charge is 0.250 e. The van der Waals surface area contributed by atoms with Gasteiger partial charge in [-0.2, -0.15) is 0 Å². The van der Waals surface area contributed by atoms with Crippen LogP contribution in [0.2, 0.25) is 18.1 Å². The van der Waals surface area contributed by atoms with Gasteiger partial charge in [-0.05, 0) is 48.8 Å². The van der Waals surface area contributed by atoms with Crippen molar-refractivity contribution in [2.24, 2.45) is 0 Å². The monoisotopic (exact) mass is 426 g/mol. The van der Waals surface area contributed by atoms with Gasteiger partial charge in [-0.25, -0.2) is 0 Å². The molecule has 4 nitrogen and oxygen atoms in total. The Kier molecular flexibility index (Phi) is 7.49. The lowest BCUT2D eigenvalue weighted by Crippen LogP contribution is -2.44. The van der Waals surface area contributed by atoms with Crippen LogP contribution in [0.5, 0.6) is 23.0 Å². The minimum Gasteiger partial charge on any atom is -0.541 e. The van der Waals surface area contributed by atoms with Gasteiger partial charge in [0, 0.05) is 5.56 Å². The molecule has 0 radical (unpaired) electrons. The normalized spacial score (nSPS) is 12.4. The van der Waals surface area contributed by atoms with Crippen molar-refractivity contribution in [1.82, 2.24) is 0 Å². The molecule has 2 aromatic rings. The summed E-state index contributed by atoms with van der Waals surface area (Å²) in [6, 6.07) is 11.9. The van der Waals surface area contributed by atoms with Crippen LogP contribution in [0, 0.1) is 11.8 Å². The maximum absolute atomic E-state index is 6.76. The topological polar surface area (TPSA) is 36.9 Å². The van der Waals surface area contributed by atoms with Crippen molar-refractivity contribution in [3.05, 3.63) is 47.5 Å². The first-order chi connectivity index (χ1) is 14.1. The maximum atomic E-state index is 6.76. The Bertz CT molecular complexity index is 932. The third-order valence-electron chi connectivity index (χ3n) is 5.73. The molecule has 162 valence electrons. The van der Waals surface area contributed by atoms with E-state index < -0.39 is 8.32 Å². The number of hydrogen-bond donors (Lipinski definition) is 0. The van der Waals surface area contributed by atoms with Crippen molar-refractivity contribution in [1.29, 1.82) is 0 Å². The highest BCUT2D eigenvalue weighted by molar-refractivity contribution is 6.74. The Hall–Kier alpha value is -2.58. The zero-order valence-electron chi connectivity index (χ0n) is 19.7. The molecule has 0 aliphatic rings. The summed E-state index contributed by atoms with van der Waals surface area (Å²) in [6.45, 7) is 13.0. The lowest BCUT2D eigenvalue weighted by atomic mass is 9.90. The summed E-state index contributed by atoms with van der Waals surface area (Å²) in [5.41, 5.74) is 2.00. The van der Waals surface area contributed by atoms with Crippen LogP contribution in [0.3, 0.4) is 0 Å². The van der Waals surface area contributed by atoms with Crippen molar-refractivity contribution in [2.75, 3.05) is 21.3 Å². The van der Waals surface area contributed by atoms with Crippen LogP contribution >= 0.6 is 0 Å². The van der Waals surface area contributed by atoms with E-state index in [2.05, 4.69) is 51.8 Å². The van der Waals surface area contributed by atoms with Crippen LogP contribution in [-0.4, -0.2) is 29.6 Å². The zero-order valence-corrected chi connectivity index (χ0v) is 20.7. The van der Waals surface area contributed by atoms with E-state index in [4.69, 9.17) is 18.6 Å². The molecule has 0 bridgehead atoms. The third kappa shape index (κ3) is 4.93. The molecule has 0 aliphatic carbocycles. The van der Waals surface area contributed by atoms with Gasteiger partial charge in [-0.1, -0.05) is 44.9 Å². The largest absolute Gasteiger partial charge is 0.541 e. The van der Waals surface area contributed by atoms with E-state index in [0.29, 0.717) is 11.5 Å². The first-order valence-corrected chi connectivity index (χ1v) is 13.0. The van der Waals surface area contributed by atoms with Gasteiger partial charge in [0.15, 0.2) is 23.0 Å². The van der Waals surface area contributed by atoms with Crippen LogP contribution < -0.4 is 18.6 Å². The molecule has 30 heavy (non-hydrogen) atoms. The van der Waals surface area contributed by atoms with Gasteiger partial charge in [0.05, 0.1) is 27.2 Å². The molecule has 0 saturated heterocycles. The molecule has 0 spiro atoms. The van der Waals surface area contributed by atoms with E-state index in [1.54, 1.807) is 21.3 Å². The summed E-state index contributed by atoms with van der Waals surface area (Å²) < 4.78 is 23.4. The van der Waals surface area contributed by atoms with Gasteiger partial charge >= 0.3 is 0 Å². The van der Waals surface area contributed by atoms with Crippen molar-refractivity contribution >= 4 is 8.32 Å². The SMILES string of the molecule is CC#CC(c1ccc(OC)c(OC)c1)c1cccc(OC)c1O[Si](C)(C)C(C)(C)C. The van der Waals surface area contributed by atoms with Crippen molar-refractivity contribution in [3.63, 3.8) is 0 Å². The van der Waals surface area contributed by atoms with Gasteiger partial charge in [0.2, 0.25) is 0 Å². The summed E-state index contributed by atoms with van der Waals surface area (Å²) in [5, 5.41) is 0.0559. The highest BCUT2D eigenvalue weighted by atomic mass is 28.4. The third-order valence-corrected chi connectivity index (χ3v) is 10.1. The molecule has 0 N–H and O–H groups in total. The number of rotatable bonds is 7. The predicted molar refractivity (Wildman–Crippen MR) is 126 cm³/mol. The van der Waals surface area contributed by atoms with E-state index in [1.807, 2.05) is 37.3 Å². The first-order valence-electron chi connectivity index (χ1n) is 10.1. The Morgan fingerprint density at radius 3 is 2.03 bits per heavy atom. The van der Waals surface area contributed by atoms with Crippen molar-refractivity contribution in [3.8, 4) is 34.8 Å². The Morgan fingerprint density at radius 2 is 1.50 bits per heavy atom. The van der Waals surface area contributed by atoms with Crippen LogP contribution in [0.1, 0.15) is 44.7 Å². The highest BCUT2D eigenvalue weighted by Crippen LogP contribution is 2.45. The number of ether oxygens (including phenoxy) is 3. The Balaban J connectivity index is 2.68. The van der Waals surface area contributed by atoms with Crippen LogP contribution in [0.4, 0.5) is 0 Å². The second-order valence-corrected chi connectivity index (χ2v) is 13.4. The fourth-order valence-corrected chi connectivity index (χ4v) is 3.99. The number of hydrogen-bond acceptors (Lipinski definition) is 4. The summed E-state index contributed by atoms with van der Waals surface area (Å²) >= 11 is 0. The molecule has 1 atom stereocenters. The summed E-state index contributed by atoms with van der Waals surface area (Å²) in [6.07, 6.45) is 0. The minimum absolute atomic E-state index is 0.0559. The van der Waals surface area contributed by atoms with E-state index in [9.17, 15) is 0 Å². The number of methoxy groups -OCH3 is 3. The zero-order chi connectivity index (χ0) is 22.5. The fourth-order valence-electron chi connectivity index (χ4n) is 2.96. The second-order valence-electron chi connectivity index (χ2n) is 8.68. The van der Waals surface area contributed by atoms with Gasteiger partial charge in [0.25, 0.3) is 8.32 Å². The fraction of sp³-hybridized carbons (Fsp3) is 0.440. The Morgan fingerprint density at radius 1 is 0.867 bits per heavy atom. The van der Waals surface area contributed by atoms with Crippen LogP contribution in [0.15, 0.2) is 36.4 Å². The summed E-state index contributed by atoms with van der Waals surface area (Å²) in [7, 11) is 2.85. The van der Waals surface area contributed by atoms with E-state index in [0.717, 1.165) is 22.6 Å². The van der Waals surface area contributed by atoms with Gasteiger partial charge in [0.1, 0.15) is 0 Å². The molecule has 2 aromatic carbocycles. The van der Waals surface area contributed by atoms with Crippen LogP contribution in [0.25, 0.3) is 0 Å². The van der Waals surface area contributed by atoms with E-state index >= 15 is 0 Å². The predicted octanol–water partition coefficient (Wildman–Crippen LogP) is 6.25. The van der Waals surface area contributed by atoms with E-state index in [-0.39, 0.29) is 11.0 Å². The molecule has 0 heterocycles. The van der Waals surface area contributed by atoms with Gasteiger partial charge in [-0.3, -0.25) is 0 Å². The molecular weight excluding hydrogens is 392 g/mol. The maximum Gasteiger partial charge on any atom is 0.250 e. The Labute approximate surface area is 182 Å². The molecule has 0 aliphatic heterocycles. The van der Waals surface area contributed by atoms with Gasteiger partial charge < -0.3 is 18.6 Å².